The van der Waals surface area contributed by atoms with Crippen molar-refractivity contribution < 1.29 is 14.3 Å². The van der Waals surface area contributed by atoms with Crippen LogP contribution in [-0.2, 0) is 20.8 Å². The van der Waals surface area contributed by atoms with Crippen LogP contribution in [0.4, 0.5) is 11.4 Å². The number of rotatable bonds is 8. The smallest absolute Gasteiger partial charge is 0.253 e. The molecule has 4 rings (SSSR count). The molecule has 1 N–H and O–H groups in total. The summed E-state index contributed by atoms with van der Waals surface area (Å²) in [6.07, 6.45) is 1.71. The predicted molar refractivity (Wildman–Crippen MR) is 123 cm³/mol. The minimum atomic E-state index is -0.499. The van der Waals surface area contributed by atoms with Gasteiger partial charge in [-0.25, -0.2) is 0 Å². The molecular formula is C25H33N3O3. The maximum absolute atomic E-state index is 12.4. The molecule has 2 unspecified atom stereocenters. The first-order valence-corrected chi connectivity index (χ1v) is 11.3. The molecule has 0 aromatic heterocycles. The SMILES string of the molecule is CC(OCC1CCCO1)C(=O)Nc1ccc(N2CCN(Cc3ccccc3)CC2)cc1. The van der Waals surface area contributed by atoms with E-state index in [0.29, 0.717) is 6.61 Å². The van der Waals surface area contributed by atoms with Crippen molar-refractivity contribution in [2.24, 2.45) is 0 Å². The van der Waals surface area contributed by atoms with Crippen LogP contribution >= 0.6 is 0 Å². The number of nitrogens with zero attached hydrogens (tertiary/aromatic N) is 2. The highest BCUT2D eigenvalue weighted by Crippen LogP contribution is 2.21. The molecule has 2 heterocycles. The molecule has 31 heavy (non-hydrogen) atoms. The molecule has 6 nitrogen and oxygen atoms in total. The third kappa shape index (κ3) is 6.29. The van der Waals surface area contributed by atoms with Gasteiger partial charge >= 0.3 is 0 Å². The average Bonchev–Trinajstić information content (AvgIpc) is 3.33. The molecule has 1 amide bonds. The normalized spacial score (nSPS) is 20.5. The molecule has 2 aromatic rings. The highest BCUT2D eigenvalue weighted by Gasteiger charge is 2.20. The van der Waals surface area contributed by atoms with Gasteiger partial charge in [0.1, 0.15) is 6.10 Å². The van der Waals surface area contributed by atoms with E-state index < -0.39 is 6.10 Å². The second-order valence-corrected chi connectivity index (χ2v) is 8.40. The number of carbonyl (C=O) groups excluding carboxylic acids is 1. The van der Waals surface area contributed by atoms with Crippen molar-refractivity contribution in [3.8, 4) is 0 Å². The van der Waals surface area contributed by atoms with E-state index in [9.17, 15) is 4.79 Å². The van der Waals surface area contributed by atoms with Gasteiger partial charge in [-0.3, -0.25) is 9.69 Å². The third-order valence-electron chi connectivity index (χ3n) is 6.05. The lowest BCUT2D eigenvalue weighted by Gasteiger charge is -2.36. The Morgan fingerprint density at radius 1 is 1.10 bits per heavy atom. The van der Waals surface area contributed by atoms with Gasteiger partial charge in [-0.15, -0.1) is 0 Å². The number of hydrogen-bond donors (Lipinski definition) is 1. The first-order valence-electron chi connectivity index (χ1n) is 11.3. The Morgan fingerprint density at radius 2 is 1.84 bits per heavy atom. The summed E-state index contributed by atoms with van der Waals surface area (Å²) >= 11 is 0. The molecule has 0 bridgehead atoms. The molecule has 0 spiro atoms. The summed E-state index contributed by atoms with van der Waals surface area (Å²) in [5, 5.41) is 2.95. The molecule has 0 aliphatic carbocycles. The summed E-state index contributed by atoms with van der Waals surface area (Å²) in [4.78, 5) is 17.3. The fourth-order valence-electron chi connectivity index (χ4n) is 4.11. The van der Waals surface area contributed by atoms with Crippen molar-refractivity contribution in [2.75, 3.05) is 49.6 Å². The third-order valence-corrected chi connectivity index (χ3v) is 6.05. The largest absolute Gasteiger partial charge is 0.376 e. The van der Waals surface area contributed by atoms with Crippen molar-refractivity contribution in [2.45, 2.75) is 38.5 Å². The molecule has 0 saturated carbocycles. The fourth-order valence-corrected chi connectivity index (χ4v) is 4.11. The van der Waals surface area contributed by atoms with Crippen LogP contribution in [0.15, 0.2) is 54.6 Å². The number of piperazine rings is 1. The van der Waals surface area contributed by atoms with E-state index >= 15 is 0 Å². The number of benzene rings is 2. The molecule has 2 saturated heterocycles. The maximum atomic E-state index is 12.4. The first-order chi connectivity index (χ1) is 15.2. The van der Waals surface area contributed by atoms with E-state index in [0.717, 1.165) is 57.9 Å². The van der Waals surface area contributed by atoms with Gasteiger partial charge in [0.15, 0.2) is 0 Å². The first kappa shape index (κ1) is 21.8. The van der Waals surface area contributed by atoms with E-state index in [4.69, 9.17) is 9.47 Å². The van der Waals surface area contributed by atoms with Gasteiger partial charge in [-0.05, 0) is 49.6 Å². The highest BCUT2D eigenvalue weighted by atomic mass is 16.5. The Labute approximate surface area is 185 Å². The van der Waals surface area contributed by atoms with Crippen LogP contribution < -0.4 is 10.2 Å². The molecule has 2 aliphatic rings. The van der Waals surface area contributed by atoms with Crippen molar-refractivity contribution >= 4 is 17.3 Å². The van der Waals surface area contributed by atoms with E-state index in [1.54, 1.807) is 6.92 Å². The number of anilines is 2. The van der Waals surface area contributed by atoms with E-state index in [-0.39, 0.29) is 12.0 Å². The molecule has 2 atom stereocenters. The number of nitrogens with one attached hydrogen (secondary N) is 1. The Morgan fingerprint density at radius 3 is 2.52 bits per heavy atom. The second-order valence-electron chi connectivity index (χ2n) is 8.40. The molecule has 2 aliphatic heterocycles. The quantitative estimate of drug-likeness (QED) is 0.704. The number of amides is 1. The topological polar surface area (TPSA) is 54.0 Å². The zero-order valence-electron chi connectivity index (χ0n) is 18.3. The predicted octanol–water partition coefficient (Wildman–Crippen LogP) is 3.53. The van der Waals surface area contributed by atoms with Gasteiger partial charge in [-0.2, -0.15) is 0 Å². The van der Waals surface area contributed by atoms with Crippen LogP contribution in [0, 0.1) is 0 Å². The Kier molecular flexibility index (Phi) is 7.57. The molecule has 6 heteroatoms. The summed E-state index contributed by atoms with van der Waals surface area (Å²) in [5.41, 5.74) is 3.36. The van der Waals surface area contributed by atoms with E-state index in [2.05, 4.69) is 57.6 Å². The van der Waals surface area contributed by atoms with Gasteiger partial charge in [0.25, 0.3) is 5.91 Å². The molecule has 0 radical (unpaired) electrons. The molecule has 166 valence electrons. The molecule has 2 fully saturated rings. The minimum absolute atomic E-state index is 0.125. The van der Waals surface area contributed by atoms with E-state index in [1.165, 1.54) is 11.3 Å². The van der Waals surface area contributed by atoms with Crippen LogP contribution in [0.3, 0.4) is 0 Å². The summed E-state index contributed by atoms with van der Waals surface area (Å²) < 4.78 is 11.2. The minimum Gasteiger partial charge on any atom is -0.376 e. The fraction of sp³-hybridized carbons (Fsp3) is 0.480. The summed E-state index contributed by atoms with van der Waals surface area (Å²) in [6.45, 7) is 8.17. The molecular weight excluding hydrogens is 390 g/mol. The van der Waals surface area contributed by atoms with Crippen LogP contribution in [-0.4, -0.2) is 62.4 Å². The highest BCUT2D eigenvalue weighted by molar-refractivity contribution is 5.94. The number of carbonyl (C=O) groups is 1. The van der Waals surface area contributed by atoms with Crippen LogP contribution in [0.25, 0.3) is 0 Å². The number of hydrogen-bond acceptors (Lipinski definition) is 5. The summed E-state index contributed by atoms with van der Waals surface area (Å²) in [5.74, 6) is -0.125. The Balaban J connectivity index is 1.21. The van der Waals surface area contributed by atoms with Crippen LogP contribution in [0.5, 0.6) is 0 Å². The standard InChI is InChI=1S/C25H33N3O3/c1-20(31-19-24-8-5-17-30-24)25(29)26-22-9-11-23(12-10-22)28-15-13-27(14-16-28)18-21-6-3-2-4-7-21/h2-4,6-7,9-12,20,24H,5,8,13-19H2,1H3,(H,26,29). The van der Waals surface area contributed by atoms with Crippen molar-refractivity contribution in [3.63, 3.8) is 0 Å². The average molecular weight is 424 g/mol. The maximum Gasteiger partial charge on any atom is 0.253 e. The lowest BCUT2D eigenvalue weighted by Crippen LogP contribution is -2.45. The van der Waals surface area contributed by atoms with Gasteiger partial charge < -0.3 is 19.7 Å². The van der Waals surface area contributed by atoms with Crippen LogP contribution in [0.1, 0.15) is 25.3 Å². The zero-order chi connectivity index (χ0) is 21.5. The van der Waals surface area contributed by atoms with Crippen molar-refractivity contribution in [3.05, 3.63) is 60.2 Å². The lowest BCUT2D eigenvalue weighted by atomic mass is 10.2. The lowest BCUT2D eigenvalue weighted by molar-refractivity contribution is -0.128. The summed E-state index contributed by atoms with van der Waals surface area (Å²) in [6, 6.07) is 18.7. The van der Waals surface area contributed by atoms with Crippen LogP contribution in [0.2, 0.25) is 0 Å². The second kappa shape index (κ2) is 10.8. The van der Waals surface area contributed by atoms with Crippen molar-refractivity contribution in [1.29, 1.82) is 0 Å². The molecule has 2 aromatic carbocycles. The van der Waals surface area contributed by atoms with Gasteiger partial charge in [-0.1, -0.05) is 30.3 Å². The van der Waals surface area contributed by atoms with Crippen molar-refractivity contribution in [1.82, 2.24) is 4.90 Å². The number of ether oxygens (including phenoxy) is 2. The van der Waals surface area contributed by atoms with Gasteiger partial charge in [0.2, 0.25) is 0 Å². The van der Waals surface area contributed by atoms with E-state index in [1.807, 2.05) is 12.1 Å². The zero-order valence-corrected chi connectivity index (χ0v) is 18.3. The Hall–Kier alpha value is -2.41. The van der Waals surface area contributed by atoms with Gasteiger partial charge in [0, 0.05) is 50.7 Å². The summed E-state index contributed by atoms with van der Waals surface area (Å²) in [7, 11) is 0. The monoisotopic (exact) mass is 423 g/mol. The Bertz CT molecular complexity index is 814. The van der Waals surface area contributed by atoms with Gasteiger partial charge in [0.05, 0.1) is 12.7 Å².